The summed E-state index contributed by atoms with van der Waals surface area (Å²) in [5.74, 6) is 0.893. The molecule has 0 N–H and O–H groups in total. The topological polar surface area (TPSA) is 39.9 Å². The molecule has 0 unspecified atom stereocenters. The Kier molecular flexibility index (Phi) is 3.01. The van der Waals surface area contributed by atoms with E-state index in [1.54, 1.807) is 0 Å². The quantitative estimate of drug-likeness (QED) is 0.685. The van der Waals surface area contributed by atoms with E-state index in [1.807, 2.05) is 30.3 Å². The van der Waals surface area contributed by atoms with Gasteiger partial charge in [0.15, 0.2) is 0 Å². The maximum absolute atomic E-state index is 9.42. The Bertz CT molecular complexity index is 893. The highest BCUT2D eigenvalue weighted by atomic mass is 15.2. The third-order valence-electron chi connectivity index (χ3n) is 4.28. The van der Waals surface area contributed by atoms with Gasteiger partial charge in [-0.15, -0.1) is 0 Å². The molecule has 2 heterocycles. The smallest absolute Gasteiger partial charge is 0.130 e. The van der Waals surface area contributed by atoms with Gasteiger partial charge in [-0.3, -0.25) is 0 Å². The first-order chi connectivity index (χ1) is 10.8. The van der Waals surface area contributed by atoms with Crippen molar-refractivity contribution in [2.45, 2.75) is 13.0 Å². The lowest BCUT2D eigenvalue weighted by atomic mass is 10.00. The van der Waals surface area contributed by atoms with Crippen LogP contribution in [0.4, 0.5) is 5.82 Å². The largest absolute Gasteiger partial charge is 0.352 e. The number of nitriles is 1. The molecule has 106 valence electrons. The fourth-order valence-electron chi connectivity index (χ4n) is 3.11. The van der Waals surface area contributed by atoms with Gasteiger partial charge < -0.3 is 4.90 Å². The normalized spacial score (nSPS) is 13.7. The summed E-state index contributed by atoms with van der Waals surface area (Å²) in [6, 6.07) is 20.6. The summed E-state index contributed by atoms with van der Waals surface area (Å²) in [5, 5.41) is 10.3. The number of benzene rings is 2. The molecule has 0 spiro atoms. The predicted molar refractivity (Wildman–Crippen MR) is 87.7 cm³/mol. The van der Waals surface area contributed by atoms with Crippen molar-refractivity contribution in [1.82, 2.24) is 4.98 Å². The zero-order chi connectivity index (χ0) is 14.9. The number of rotatable bonds is 1. The molecule has 0 aliphatic carbocycles. The van der Waals surface area contributed by atoms with Gasteiger partial charge in [-0.05, 0) is 29.7 Å². The highest BCUT2D eigenvalue weighted by Crippen LogP contribution is 2.27. The molecule has 0 saturated heterocycles. The third kappa shape index (κ3) is 2.10. The summed E-state index contributed by atoms with van der Waals surface area (Å²) in [7, 11) is 0. The molecule has 3 aromatic rings. The minimum atomic E-state index is 0.694. The van der Waals surface area contributed by atoms with Gasteiger partial charge in [0.2, 0.25) is 0 Å². The van der Waals surface area contributed by atoms with Crippen LogP contribution in [-0.4, -0.2) is 11.5 Å². The average molecular weight is 285 g/mol. The highest BCUT2D eigenvalue weighted by molar-refractivity contribution is 5.86. The lowest BCUT2D eigenvalue weighted by Crippen LogP contribution is -2.31. The van der Waals surface area contributed by atoms with Crippen molar-refractivity contribution < 1.29 is 0 Å². The van der Waals surface area contributed by atoms with E-state index in [0.717, 1.165) is 36.2 Å². The zero-order valence-corrected chi connectivity index (χ0v) is 12.2. The van der Waals surface area contributed by atoms with Crippen molar-refractivity contribution in [2.24, 2.45) is 0 Å². The first-order valence-corrected chi connectivity index (χ1v) is 7.47. The molecule has 0 saturated carbocycles. The van der Waals surface area contributed by atoms with E-state index in [9.17, 15) is 5.26 Å². The molecule has 0 amide bonds. The molecule has 4 rings (SSSR count). The van der Waals surface area contributed by atoms with Gasteiger partial charge >= 0.3 is 0 Å². The standard InChI is InChI=1S/C19H15N3/c20-12-16-11-19(21-18-8-4-3-7-17(16)18)22-10-9-14-5-1-2-6-15(14)13-22/h1-8,11H,9-10,13H2. The van der Waals surface area contributed by atoms with Gasteiger partial charge in [0.25, 0.3) is 0 Å². The van der Waals surface area contributed by atoms with Gasteiger partial charge in [-0.1, -0.05) is 42.5 Å². The molecule has 1 aliphatic heterocycles. The fraction of sp³-hybridized carbons (Fsp3) is 0.158. The van der Waals surface area contributed by atoms with Crippen LogP contribution in [0.5, 0.6) is 0 Å². The summed E-state index contributed by atoms with van der Waals surface area (Å²) in [6.07, 6.45) is 1.02. The van der Waals surface area contributed by atoms with E-state index >= 15 is 0 Å². The van der Waals surface area contributed by atoms with E-state index < -0.39 is 0 Å². The van der Waals surface area contributed by atoms with Crippen molar-refractivity contribution in [3.8, 4) is 6.07 Å². The van der Waals surface area contributed by atoms with Gasteiger partial charge in [-0.2, -0.15) is 5.26 Å². The molecule has 1 aliphatic rings. The number of hydrogen-bond donors (Lipinski definition) is 0. The van der Waals surface area contributed by atoms with Crippen LogP contribution in [0.25, 0.3) is 10.9 Å². The number of anilines is 1. The molecule has 0 fully saturated rings. The summed E-state index contributed by atoms with van der Waals surface area (Å²) in [6.45, 7) is 1.79. The molecule has 0 radical (unpaired) electrons. The van der Waals surface area contributed by atoms with Gasteiger partial charge in [0.05, 0.1) is 17.1 Å². The number of hydrogen-bond acceptors (Lipinski definition) is 3. The summed E-state index contributed by atoms with van der Waals surface area (Å²) in [5.41, 5.74) is 4.34. The Morgan fingerprint density at radius 2 is 1.77 bits per heavy atom. The van der Waals surface area contributed by atoms with Crippen LogP contribution in [0.3, 0.4) is 0 Å². The van der Waals surface area contributed by atoms with Crippen LogP contribution in [0.1, 0.15) is 16.7 Å². The number of pyridine rings is 1. The highest BCUT2D eigenvalue weighted by Gasteiger charge is 2.18. The molecule has 0 atom stereocenters. The third-order valence-corrected chi connectivity index (χ3v) is 4.28. The lowest BCUT2D eigenvalue weighted by molar-refractivity contribution is 0.722. The SMILES string of the molecule is N#Cc1cc(N2CCc3ccccc3C2)nc2ccccc12. The Balaban J connectivity index is 1.78. The number of para-hydroxylation sites is 1. The summed E-state index contributed by atoms with van der Waals surface area (Å²) >= 11 is 0. The lowest BCUT2D eigenvalue weighted by Gasteiger charge is -2.30. The molecule has 0 bridgehead atoms. The number of aromatic nitrogens is 1. The van der Waals surface area contributed by atoms with Crippen LogP contribution in [-0.2, 0) is 13.0 Å². The molecule has 2 aromatic carbocycles. The van der Waals surface area contributed by atoms with Crippen LogP contribution in [0, 0.1) is 11.3 Å². The molecular weight excluding hydrogens is 270 g/mol. The molecule has 3 nitrogen and oxygen atoms in total. The van der Waals surface area contributed by atoms with Crippen LogP contribution < -0.4 is 4.90 Å². The van der Waals surface area contributed by atoms with Crippen molar-refractivity contribution in [3.63, 3.8) is 0 Å². The molecule has 22 heavy (non-hydrogen) atoms. The summed E-state index contributed by atoms with van der Waals surface area (Å²) < 4.78 is 0. The summed E-state index contributed by atoms with van der Waals surface area (Å²) in [4.78, 5) is 7.01. The van der Waals surface area contributed by atoms with Gasteiger partial charge in [0, 0.05) is 18.5 Å². The van der Waals surface area contributed by atoms with E-state index in [-0.39, 0.29) is 0 Å². The Morgan fingerprint density at radius 3 is 2.64 bits per heavy atom. The van der Waals surface area contributed by atoms with Crippen LogP contribution in [0.2, 0.25) is 0 Å². The van der Waals surface area contributed by atoms with E-state index in [4.69, 9.17) is 4.98 Å². The first kappa shape index (κ1) is 12.8. The van der Waals surface area contributed by atoms with Crippen molar-refractivity contribution in [2.75, 3.05) is 11.4 Å². The van der Waals surface area contributed by atoms with Gasteiger partial charge in [0.1, 0.15) is 5.82 Å². The number of fused-ring (bicyclic) bond motifs is 2. The van der Waals surface area contributed by atoms with Crippen molar-refractivity contribution >= 4 is 16.7 Å². The molecule has 3 heteroatoms. The average Bonchev–Trinajstić information content (AvgIpc) is 2.60. The van der Waals surface area contributed by atoms with Crippen LogP contribution in [0.15, 0.2) is 54.6 Å². The molecule has 1 aromatic heterocycles. The molecular formula is C19H15N3. The second kappa shape index (κ2) is 5.16. The fourth-order valence-corrected chi connectivity index (χ4v) is 3.11. The Labute approximate surface area is 129 Å². The van der Waals surface area contributed by atoms with E-state index in [0.29, 0.717) is 5.56 Å². The first-order valence-electron chi connectivity index (χ1n) is 7.47. The number of nitrogens with zero attached hydrogens (tertiary/aromatic N) is 3. The van der Waals surface area contributed by atoms with E-state index in [2.05, 4.69) is 35.2 Å². The second-order valence-corrected chi connectivity index (χ2v) is 5.60. The maximum Gasteiger partial charge on any atom is 0.130 e. The maximum atomic E-state index is 9.42. The zero-order valence-electron chi connectivity index (χ0n) is 12.2. The van der Waals surface area contributed by atoms with Crippen molar-refractivity contribution in [3.05, 3.63) is 71.3 Å². The predicted octanol–water partition coefficient (Wildman–Crippen LogP) is 3.67. The van der Waals surface area contributed by atoms with Gasteiger partial charge in [-0.25, -0.2) is 4.98 Å². The van der Waals surface area contributed by atoms with Crippen molar-refractivity contribution in [1.29, 1.82) is 5.26 Å². The van der Waals surface area contributed by atoms with E-state index in [1.165, 1.54) is 11.1 Å². The minimum absolute atomic E-state index is 0.694. The second-order valence-electron chi connectivity index (χ2n) is 5.60. The monoisotopic (exact) mass is 285 g/mol. The Morgan fingerprint density at radius 1 is 1.00 bits per heavy atom. The minimum Gasteiger partial charge on any atom is -0.352 e. The van der Waals surface area contributed by atoms with Crippen LogP contribution >= 0.6 is 0 Å². The Hall–Kier alpha value is -2.86.